The molecule has 1 saturated heterocycles. The largest absolute Gasteiger partial charge is 0.479 e. The van der Waals surface area contributed by atoms with Crippen LogP contribution in [0.2, 0.25) is 0 Å². The molecule has 0 aliphatic carbocycles. The van der Waals surface area contributed by atoms with Crippen molar-refractivity contribution in [2.24, 2.45) is 0 Å². The second-order valence-electron chi connectivity index (χ2n) is 3.64. The van der Waals surface area contributed by atoms with E-state index in [9.17, 15) is 4.79 Å². The number of aliphatic carboxylic acids is 1. The standard InChI is InChI=1S/C10H18O3/c1-2-3-4-5-6-7-8-9(13-8)10(11)12/h8-9H,2-7H2,1H3,(H,11,12)/t8-,9+/m1/s1. The van der Waals surface area contributed by atoms with Gasteiger partial charge in [-0.05, 0) is 6.42 Å². The third kappa shape index (κ3) is 3.77. The van der Waals surface area contributed by atoms with Crippen molar-refractivity contribution in [1.29, 1.82) is 0 Å². The highest BCUT2D eigenvalue weighted by Gasteiger charge is 2.44. The second kappa shape index (κ2) is 5.22. The molecule has 1 fully saturated rings. The molecular formula is C10H18O3. The lowest BCUT2D eigenvalue weighted by Gasteiger charge is -1.96. The first-order valence-electron chi connectivity index (χ1n) is 5.14. The topological polar surface area (TPSA) is 49.8 Å². The van der Waals surface area contributed by atoms with Crippen molar-refractivity contribution in [2.45, 2.75) is 57.7 Å². The number of carboxylic acids is 1. The number of unbranched alkanes of at least 4 members (excludes halogenated alkanes) is 4. The Morgan fingerprint density at radius 2 is 2.00 bits per heavy atom. The summed E-state index contributed by atoms with van der Waals surface area (Å²) in [4.78, 5) is 10.4. The third-order valence-corrected chi connectivity index (χ3v) is 2.42. The molecular weight excluding hydrogens is 168 g/mol. The van der Waals surface area contributed by atoms with Gasteiger partial charge in [0.2, 0.25) is 0 Å². The van der Waals surface area contributed by atoms with Crippen LogP contribution in [0, 0.1) is 0 Å². The Morgan fingerprint density at radius 3 is 2.54 bits per heavy atom. The van der Waals surface area contributed by atoms with Crippen molar-refractivity contribution in [3.8, 4) is 0 Å². The van der Waals surface area contributed by atoms with Crippen LogP contribution in [0.4, 0.5) is 0 Å². The van der Waals surface area contributed by atoms with Gasteiger partial charge in [0.05, 0.1) is 6.10 Å². The van der Waals surface area contributed by atoms with E-state index in [1.807, 2.05) is 0 Å². The Labute approximate surface area is 79.1 Å². The molecule has 2 atom stereocenters. The summed E-state index contributed by atoms with van der Waals surface area (Å²) in [5, 5.41) is 8.54. The zero-order valence-electron chi connectivity index (χ0n) is 8.16. The first-order chi connectivity index (χ1) is 6.25. The van der Waals surface area contributed by atoms with Crippen molar-refractivity contribution in [3.05, 3.63) is 0 Å². The first-order valence-corrected chi connectivity index (χ1v) is 5.14. The monoisotopic (exact) mass is 186 g/mol. The van der Waals surface area contributed by atoms with Gasteiger partial charge in [-0.15, -0.1) is 0 Å². The van der Waals surface area contributed by atoms with Crippen LogP contribution in [0.25, 0.3) is 0 Å². The molecule has 76 valence electrons. The summed E-state index contributed by atoms with van der Waals surface area (Å²) in [6.07, 6.45) is 6.55. The Kier molecular flexibility index (Phi) is 4.22. The van der Waals surface area contributed by atoms with Gasteiger partial charge in [-0.25, -0.2) is 4.79 Å². The molecule has 3 nitrogen and oxygen atoms in total. The van der Waals surface area contributed by atoms with Crippen molar-refractivity contribution in [1.82, 2.24) is 0 Å². The summed E-state index contributed by atoms with van der Waals surface area (Å²) in [5.41, 5.74) is 0. The molecule has 0 spiro atoms. The molecule has 1 heterocycles. The first kappa shape index (κ1) is 10.5. The van der Waals surface area contributed by atoms with Crippen LogP contribution >= 0.6 is 0 Å². The van der Waals surface area contributed by atoms with Gasteiger partial charge in [-0.3, -0.25) is 0 Å². The van der Waals surface area contributed by atoms with Crippen molar-refractivity contribution in [3.63, 3.8) is 0 Å². The van der Waals surface area contributed by atoms with E-state index in [1.165, 1.54) is 25.7 Å². The van der Waals surface area contributed by atoms with E-state index in [1.54, 1.807) is 0 Å². The molecule has 0 aromatic rings. The molecule has 0 saturated carbocycles. The van der Waals surface area contributed by atoms with E-state index < -0.39 is 12.1 Å². The molecule has 0 radical (unpaired) electrons. The van der Waals surface area contributed by atoms with Gasteiger partial charge in [0.15, 0.2) is 6.10 Å². The normalized spacial score (nSPS) is 25.9. The molecule has 0 amide bonds. The van der Waals surface area contributed by atoms with Crippen molar-refractivity contribution >= 4 is 5.97 Å². The van der Waals surface area contributed by atoms with E-state index >= 15 is 0 Å². The maximum atomic E-state index is 10.4. The van der Waals surface area contributed by atoms with Crippen LogP contribution in [0.15, 0.2) is 0 Å². The summed E-state index contributed by atoms with van der Waals surface area (Å²) in [6.45, 7) is 2.18. The van der Waals surface area contributed by atoms with Crippen molar-refractivity contribution < 1.29 is 14.6 Å². The Balaban J connectivity index is 1.88. The summed E-state index contributed by atoms with van der Waals surface area (Å²) in [6, 6.07) is 0. The maximum Gasteiger partial charge on any atom is 0.335 e. The zero-order valence-corrected chi connectivity index (χ0v) is 8.16. The molecule has 1 aliphatic heterocycles. The summed E-state index contributed by atoms with van der Waals surface area (Å²) >= 11 is 0. The number of carboxylic acid groups (broad SMARTS) is 1. The SMILES string of the molecule is CCCCCCC[C@H]1O[C@@H]1C(=O)O. The predicted molar refractivity (Wildman–Crippen MR) is 49.7 cm³/mol. The molecule has 0 bridgehead atoms. The summed E-state index contributed by atoms with van der Waals surface area (Å²) < 4.78 is 4.99. The molecule has 13 heavy (non-hydrogen) atoms. The number of hydrogen-bond donors (Lipinski definition) is 1. The van der Waals surface area contributed by atoms with E-state index in [0.29, 0.717) is 0 Å². The van der Waals surface area contributed by atoms with E-state index in [2.05, 4.69) is 6.92 Å². The summed E-state index contributed by atoms with van der Waals surface area (Å²) in [5.74, 6) is -0.807. The minimum atomic E-state index is -0.807. The molecule has 0 unspecified atom stereocenters. The summed E-state index contributed by atoms with van der Waals surface area (Å²) in [7, 11) is 0. The Hall–Kier alpha value is -0.570. The average molecular weight is 186 g/mol. The number of epoxide rings is 1. The minimum absolute atomic E-state index is 0.0131. The van der Waals surface area contributed by atoms with Gasteiger partial charge in [-0.1, -0.05) is 39.0 Å². The predicted octanol–water partition coefficient (Wildman–Crippen LogP) is 2.20. The highest BCUT2D eigenvalue weighted by molar-refractivity contribution is 5.75. The number of rotatable bonds is 7. The van der Waals surface area contributed by atoms with Crippen molar-refractivity contribution in [2.75, 3.05) is 0 Å². The number of ether oxygens (including phenoxy) is 1. The highest BCUT2D eigenvalue weighted by Crippen LogP contribution is 2.27. The van der Waals surface area contributed by atoms with E-state index in [4.69, 9.17) is 9.84 Å². The van der Waals surface area contributed by atoms with Gasteiger partial charge in [0.25, 0.3) is 0 Å². The van der Waals surface area contributed by atoms with Crippen LogP contribution in [-0.4, -0.2) is 23.3 Å². The zero-order chi connectivity index (χ0) is 9.68. The lowest BCUT2D eigenvalue weighted by molar-refractivity contribution is -0.138. The van der Waals surface area contributed by atoms with Crippen LogP contribution in [0.1, 0.15) is 45.4 Å². The van der Waals surface area contributed by atoms with Crippen LogP contribution in [0.5, 0.6) is 0 Å². The Morgan fingerprint density at radius 1 is 1.31 bits per heavy atom. The smallest absolute Gasteiger partial charge is 0.335 e. The number of hydrogen-bond acceptors (Lipinski definition) is 2. The second-order valence-corrected chi connectivity index (χ2v) is 3.64. The highest BCUT2D eigenvalue weighted by atomic mass is 16.6. The molecule has 0 aromatic carbocycles. The molecule has 1 N–H and O–H groups in total. The lowest BCUT2D eigenvalue weighted by atomic mass is 10.1. The average Bonchev–Trinajstić information content (AvgIpc) is 2.83. The van der Waals surface area contributed by atoms with Gasteiger partial charge < -0.3 is 9.84 Å². The van der Waals surface area contributed by atoms with Crippen LogP contribution in [0.3, 0.4) is 0 Å². The fraction of sp³-hybridized carbons (Fsp3) is 0.900. The third-order valence-electron chi connectivity index (χ3n) is 2.42. The van der Waals surface area contributed by atoms with Crippen LogP contribution in [-0.2, 0) is 9.53 Å². The van der Waals surface area contributed by atoms with Gasteiger partial charge in [0.1, 0.15) is 0 Å². The van der Waals surface area contributed by atoms with Gasteiger partial charge in [0, 0.05) is 0 Å². The quantitative estimate of drug-likeness (QED) is 0.490. The van der Waals surface area contributed by atoms with E-state index in [0.717, 1.165) is 12.8 Å². The minimum Gasteiger partial charge on any atom is -0.479 e. The molecule has 3 heteroatoms. The Bertz CT molecular complexity index is 168. The van der Waals surface area contributed by atoms with Gasteiger partial charge in [-0.2, -0.15) is 0 Å². The van der Waals surface area contributed by atoms with Crippen LogP contribution < -0.4 is 0 Å². The fourth-order valence-corrected chi connectivity index (χ4v) is 1.53. The molecule has 1 rings (SSSR count). The molecule has 1 aliphatic rings. The maximum absolute atomic E-state index is 10.4. The number of carbonyl (C=O) groups is 1. The lowest BCUT2D eigenvalue weighted by Crippen LogP contribution is -2.07. The molecule has 0 aromatic heterocycles. The van der Waals surface area contributed by atoms with Gasteiger partial charge >= 0.3 is 5.97 Å². The fourth-order valence-electron chi connectivity index (χ4n) is 1.53. The van der Waals surface area contributed by atoms with E-state index in [-0.39, 0.29) is 6.10 Å².